The van der Waals surface area contributed by atoms with Crippen molar-refractivity contribution >= 4 is 5.91 Å². The average Bonchev–Trinajstić information content (AvgIpc) is 2.41. The van der Waals surface area contributed by atoms with E-state index in [0.29, 0.717) is 30.2 Å². The highest BCUT2D eigenvalue weighted by molar-refractivity contribution is 5.77. The number of piperidine rings is 1. The fourth-order valence-corrected chi connectivity index (χ4v) is 3.40. The lowest BCUT2D eigenvalue weighted by Gasteiger charge is -2.37. The number of carbonyl (C=O) groups excluding carboxylic acids is 1. The minimum Gasteiger partial charge on any atom is -0.340 e. The maximum Gasteiger partial charge on any atom is 0.224 e. The molecule has 116 valence electrons. The van der Waals surface area contributed by atoms with E-state index in [4.69, 9.17) is 0 Å². The van der Waals surface area contributed by atoms with Gasteiger partial charge in [-0.05, 0) is 31.2 Å². The summed E-state index contributed by atoms with van der Waals surface area (Å²) in [7, 11) is 0. The minimum atomic E-state index is 0.348. The van der Waals surface area contributed by atoms with Crippen LogP contribution in [0.2, 0.25) is 0 Å². The van der Waals surface area contributed by atoms with Crippen LogP contribution in [0.5, 0.6) is 0 Å². The molecule has 2 unspecified atom stereocenters. The smallest absolute Gasteiger partial charge is 0.224 e. The van der Waals surface area contributed by atoms with Crippen LogP contribution in [0.25, 0.3) is 0 Å². The molecule has 2 aliphatic heterocycles. The van der Waals surface area contributed by atoms with E-state index < -0.39 is 0 Å². The summed E-state index contributed by atoms with van der Waals surface area (Å²) in [6.07, 6.45) is 3.19. The van der Waals surface area contributed by atoms with Gasteiger partial charge in [-0.3, -0.25) is 9.69 Å². The second-order valence-electron chi connectivity index (χ2n) is 6.96. The van der Waals surface area contributed by atoms with Crippen LogP contribution < -0.4 is 5.32 Å². The zero-order valence-electron chi connectivity index (χ0n) is 13.4. The molecule has 1 amide bonds. The average molecular weight is 281 g/mol. The molecule has 2 heterocycles. The lowest BCUT2D eigenvalue weighted by Crippen LogP contribution is -2.51. The Kier molecular flexibility index (Phi) is 5.85. The molecule has 0 saturated carbocycles. The van der Waals surface area contributed by atoms with Gasteiger partial charge in [0.15, 0.2) is 0 Å². The molecule has 0 radical (unpaired) electrons. The van der Waals surface area contributed by atoms with Crippen molar-refractivity contribution < 1.29 is 4.79 Å². The molecule has 0 bridgehead atoms. The maximum absolute atomic E-state index is 12.4. The number of piperazine rings is 1. The monoisotopic (exact) mass is 281 g/mol. The lowest BCUT2D eigenvalue weighted by molar-refractivity contribution is -0.134. The van der Waals surface area contributed by atoms with Crippen LogP contribution in [0.3, 0.4) is 0 Å². The standard InChI is InChI=1S/C16H31N3O/c1-13(2)12-18-7-9-19(10-8-18)16(20)11-15-14(3)5-4-6-17-15/h13-15,17H,4-12H2,1-3H3. The second kappa shape index (κ2) is 7.41. The summed E-state index contributed by atoms with van der Waals surface area (Å²) in [4.78, 5) is 17.0. The molecule has 1 N–H and O–H groups in total. The topological polar surface area (TPSA) is 35.6 Å². The molecule has 2 atom stereocenters. The fraction of sp³-hybridized carbons (Fsp3) is 0.938. The Balaban J connectivity index is 1.74. The van der Waals surface area contributed by atoms with Crippen molar-refractivity contribution in [1.29, 1.82) is 0 Å². The first kappa shape index (κ1) is 15.8. The fourth-order valence-electron chi connectivity index (χ4n) is 3.40. The Morgan fingerprint density at radius 1 is 1.25 bits per heavy atom. The van der Waals surface area contributed by atoms with Crippen LogP contribution >= 0.6 is 0 Å². The maximum atomic E-state index is 12.4. The van der Waals surface area contributed by atoms with Gasteiger partial charge in [0.2, 0.25) is 5.91 Å². The number of amides is 1. The van der Waals surface area contributed by atoms with Gasteiger partial charge in [-0.15, -0.1) is 0 Å². The van der Waals surface area contributed by atoms with Crippen molar-refractivity contribution in [3.8, 4) is 0 Å². The number of carbonyl (C=O) groups is 1. The normalized spacial score (nSPS) is 28.9. The van der Waals surface area contributed by atoms with Crippen molar-refractivity contribution in [2.75, 3.05) is 39.3 Å². The number of hydrogen-bond acceptors (Lipinski definition) is 3. The van der Waals surface area contributed by atoms with Crippen molar-refractivity contribution in [2.45, 2.75) is 46.1 Å². The molecule has 0 aromatic carbocycles. The predicted molar refractivity (Wildman–Crippen MR) is 82.7 cm³/mol. The minimum absolute atomic E-state index is 0.348. The molecule has 2 fully saturated rings. The SMILES string of the molecule is CC(C)CN1CCN(C(=O)CC2NCCCC2C)CC1. The van der Waals surface area contributed by atoms with Crippen molar-refractivity contribution in [1.82, 2.24) is 15.1 Å². The largest absolute Gasteiger partial charge is 0.340 e. The van der Waals surface area contributed by atoms with Gasteiger partial charge in [-0.2, -0.15) is 0 Å². The van der Waals surface area contributed by atoms with E-state index in [1.807, 2.05) is 0 Å². The van der Waals surface area contributed by atoms with Crippen LogP contribution in [0.15, 0.2) is 0 Å². The number of nitrogens with one attached hydrogen (secondary N) is 1. The molecule has 0 aromatic heterocycles. The van der Waals surface area contributed by atoms with E-state index in [1.54, 1.807) is 0 Å². The molecule has 2 aliphatic rings. The van der Waals surface area contributed by atoms with Gasteiger partial charge < -0.3 is 10.2 Å². The van der Waals surface area contributed by atoms with E-state index in [-0.39, 0.29) is 0 Å². The third kappa shape index (κ3) is 4.45. The van der Waals surface area contributed by atoms with Crippen molar-refractivity contribution in [3.05, 3.63) is 0 Å². The molecule has 2 rings (SSSR count). The first-order valence-electron chi connectivity index (χ1n) is 8.29. The number of nitrogens with zero attached hydrogens (tertiary/aromatic N) is 2. The quantitative estimate of drug-likeness (QED) is 0.849. The zero-order chi connectivity index (χ0) is 14.5. The molecular weight excluding hydrogens is 250 g/mol. The predicted octanol–water partition coefficient (Wildman–Crippen LogP) is 1.56. The molecule has 0 spiro atoms. The van der Waals surface area contributed by atoms with Crippen LogP contribution in [0.1, 0.15) is 40.0 Å². The van der Waals surface area contributed by atoms with Crippen molar-refractivity contribution in [3.63, 3.8) is 0 Å². The Bertz CT molecular complexity index is 311. The van der Waals surface area contributed by atoms with Crippen LogP contribution in [0, 0.1) is 11.8 Å². The highest BCUT2D eigenvalue weighted by Gasteiger charge is 2.27. The third-order valence-corrected chi connectivity index (χ3v) is 4.67. The van der Waals surface area contributed by atoms with Crippen LogP contribution in [-0.2, 0) is 4.79 Å². The molecule has 4 nitrogen and oxygen atoms in total. The van der Waals surface area contributed by atoms with E-state index in [9.17, 15) is 4.79 Å². The lowest BCUT2D eigenvalue weighted by atomic mass is 9.90. The summed E-state index contributed by atoms with van der Waals surface area (Å²) in [5, 5.41) is 3.52. The Morgan fingerprint density at radius 3 is 2.55 bits per heavy atom. The molecule has 4 heteroatoms. The summed E-state index contributed by atoms with van der Waals surface area (Å²) in [6, 6.07) is 0.393. The van der Waals surface area contributed by atoms with Gasteiger partial charge in [0, 0.05) is 45.2 Å². The van der Waals surface area contributed by atoms with E-state index in [1.165, 1.54) is 12.8 Å². The Hall–Kier alpha value is -0.610. The summed E-state index contributed by atoms with van der Waals surface area (Å²) < 4.78 is 0. The second-order valence-corrected chi connectivity index (χ2v) is 6.96. The Labute approximate surface area is 123 Å². The molecule has 20 heavy (non-hydrogen) atoms. The van der Waals surface area contributed by atoms with Gasteiger partial charge in [0.25, 0.3) is 0 Å². The first-order valence-corrected chi connectivity index (χ1v) is 8.29. The molecule has 0 aromatic rings. The highest BCUT2D eigenvalue weighted by atomic mass is 16.2. The van der Waals surface area contributed by atoms with Gasteiger partial charge in [0.1, 0.15) is 0 Å². The molecule has 0 aliphatic carbocycles. The number of hydrogen-bond donors (Lipinski definition) is 1. The first-order chi connectivity index (χ1) is 9.56. The van der Waals surface area contributed by atoms with Crippen LogP contribution in [-0.4, -0.2) is 61.0 Å². The molecule has 2 saturated heterocycles. The van der Waals surface area contributed by atoms with E-state index >= 15 is 0 Å². The Morgan fingerprint density at radius 2 is 1.95 bits per heavy atom. The summed E-state index contributed by atoms with van der Waals surface area (Å²) in [5.41, 5.74) is 0. The summed E-state index contributed by atoms with van der Waals surface area (Å²) in [6.45, 7) is 12.9. The zero-order valence-corrected chi connectivity index (χ0v) is 13.4. The third-order valence-electron chi connectivity index (χ3n) is 4.67. The summed E-state index contributed by atoms with van der Waals surface area (Å²) >= 11 is 0. The van der Waals surface area contributed by atoms with Crippen molar-refractivity contribution in [2.24, 2.45) is 11.8 Å². The van der Waals surface area contributed by atoms with Gasteiger partial charge in [0.05, 0.1) is 0 Å². The molecular formula is C16H31N3O. The van der Waals surface area contributed by atoms with Gasteiger partial charge in [-0.25, -0.2) is 0 Å². The van der Waals surface area contributed by atoms with Crippen LogP contribution in [0.4, 0.5) is 0 Å². The van der Waals surface area contributed by atoms with E-state index in [2.05, 4.69) is 35.9 Å². The van der Waals surface area contributed by atoms with E-state index in [0.717, 1.165) is 39.3 Å². The highest BCUT2D eigenvalue weighted by Crippen LogP contribution is 2.19. The van der Waals surface area contributed by atoms with Gasteiger partial charge >= 0.3 is 0 Å². The number of rotatable bonds is 4. The van der Waals surface area contributed by atoms with Gasteiger partial charge in [-0.1, -0.05) is 20.8 Å². The summed E-state index contributed by atoms with van der Waals surface area (Å²) in [5.74, 6) is 1.69.